The van der Waals surface area contributed by atoms with E-state index in [1.807, 2.05) is 35.2 Å². The standard InChI is InChI=1S/C24H24ClFN4O2/c25-20-17-19(8-9-21(20)26)28-13-15-29(16-14-28)23(31)7-4-12-30-24(32)11-10-22(27-30)18-5-2-1-3-6-18/h1-3,5-6,8-11,17H,4,7,12-16H2. The predicted molar refractivity (Wildman–Crippen MR) is 123 cm³/mol. The highest BCUT2D eigenvalue weighted by Gasteiger charge is 2.21. The van der Waals surface area contributed by atoms with Gasteiger partial charge in [0, 0.05) is 56.5 Å². The lowest BCUT2D eigenvalue weighted by atomic mass is 10.1. The van der Waals surface area contributed by atoms with Crippen molar-refractivity contribution in [2.45, 2.75) is 19.4 Å². The molecule has 1 aromatic heterocycles. The van der Waals surface area contributed by atoms with Crippen LogP contribution in [-0.2, 0) is 11.3 Å². The molecule has 1 aliphatic rings. The largest absolute Gasteiger partial charge is 0.368 e. The Hall–Kier alpha value is -3.19. The SMILES string of the molecule is O=C(CCCn1nc(-c2ccccc2)ccc1=O)N1CCN(c2ccc(F)c(Cl)c2)CC1. The molecule has 32 heavy (non-hydrogen) atoms. The average molecular weight is 455 g/mol. The van der Waals surface area contributed by atoms with Crippen LogP contribution < -0.4 is 10.5 Å². The van der Waals surface area contributed by atoms with Crippen molar-refractivity contribution in [2.75, 3.05) is 31.1 Å². The van der Waals surface area contributed by atoms with Crippen molar-refractivity contribution in [3.63, 3.8) is 0 Å². The third-order valence-corrected chi connectivity index (χ3v) is 5.89. The predicted octanol–water partition coefficient (Wildman–Crippen LogP) is 3.83. The second kappa shape index (κ2) is 9.96. The minimum absolute atomic E-state index is 0.0639. The summed E-state index contributed by atoms with van der Waals surface area (Å²) in [5.41, 5.74) is 2.35. The molecule has 0 N–H and O–H groups in total. The number of piperazine rings is 1. The van der Waals surface area contributed by atoms with Crippen molar-refractivity contribution in [3.8, 4) is 11.3 Å². The Labute approximate surface area is 190 Å². The molecule has 0 saturated carbocycles. The maximum absolute atomic E-state index is 13.4. The summed E-state index contributed by atoms with van der Waals surface area (Å²) < 4.78 is 14.8. The number of carbonyl (C=O) groups excluding carboxylic acids is 1. The van der Waals surface area contributed by atoms with Gasteiger partial charge in [0.05, 0.1) is 10.7 Å². The van der Waals surface area contributed by atoms with E-state index in [-0.39, 0.29) is 16.5 Å². The van der Waals surface area contributed by atoms with Crippen molar-refractivity contribution in [1.82, 2.24) is 14.7 Å². The number of nitrogens with zero attached hydrogens (tertiary/aromatic N) is 4. The Kier molecular flexibility index (Phi) is 6.85. The topological polar surface area (TPSA) is 58.4 Å². The van der Waals surface area contributed by atoms with Crippen molar-refractivity contribution in [2.24, 2.45) is 0 Å². The average Bonchev–Trinajstić information content (AvgIpc) is 2.82. The first-order valence-corrected chi connectivity index (χ1v) is 11.0. The smallest absolute Gasteiger partial charge is 0.266 e. The van der Waals surface area contributed by atoms with Crippen LogP contribution in [0, 0.1) is 5.82 Å². The molecule has 3 aromatic rings. The lowest BCUT2D eigenvalue weighted by Gasteiger charge is -2.36. The summed E-state index contributed by atoms with van der Waals surface area (Å²) in [6, 6.07) is 17.6. The van der Waals surface area contributed by atoms with Crippen LogP contribution in [0.15, 0.2) is 65.5 Å². The van der Waals surface area contributed by atoms with E-state index in [4.69, 9.17) is 11.6 Å². The van der Waals surface area contributed by atoms with Crippen LogP contribution in [0.5, 0.6) is 0 Å². The Morgan fingerprint density at radius 2 is 1.75 bits per heavy atom. The molecule has 6 nitrogen and oxygen atoms in total. The molecular formula is C24H24ClFN4O2. The number of aromatic nitrogens is 2. The molecule has 0 radical (unpaired) electrons. The van der Waals surface area contributed by atoms with Crippen molar-refractivity contribution in [1.29, 1.82) is 0 Å². The van der Waals surface area contributed by atoms with Crippen molar-refractivity contribution in [3.05, 3.63) is 81.9 Å². The van der Waals surface area contributed by atoms with E-state index in [0.29, 0.717) is 45.6 Å². The van der Waals surface area contributed by atoms with Gasteiger partial charge in [-0.15, -0.1) is 0 Å². The molecular weight excluding hydrogens is 431 g/mol. The van der Waals surface area contributed by atoms with E-state index >= 15 is 0 Å². The van der Waals surface area contributed by atoms with Crippen LogP contribution in [0.1, 0.15) is 12.8 Å². The van der Waals surface area contributed by atoms with Gasteiger partial charge in [-0.25, -0.2) is 9.07 Å². The van der Waals surface area contributed by atoms with E-state index in [0.717, 1.165) is 16.9 Å². The lowest BCUT2D eigenvalue weighted by Crippen LogP contribution is -2.48. The number of amides is 1. The first kappa shape index (κ1) is 22.0. The van der Waals surface area contributed by atoms with Gasteiger partial charge in [0.1, 0.15) is 5.82 Å². The summed E-state index contributed by atoms with van der Waals surface area (Å²) in [6.07, 6.45) is 0.893. The number of carbonyl (C=O) groups is 1. The van der Waals surface area contributed by atoms with Crippen LogP contribution >= 0.6 is 11.6 Å². The summed E-state index contributed by atoms with van der Waals surface area (Å²) in [5.74, 6) is -0.374. The normalized spacial score (nSPS) is 13.9. The summed E-state index contributed by atoms with van der Waals surface area (Å²) in [4.78, 5) is 28.7. The highest BCUT2D eigenvalue weighted by molar-refractivity contribution is 6.31. The lowest BCUT2D eigenvalue weighted by molar-refractivity contribution is -0.131. The molecule has 0 bridgehead atoms. The maximum atomic E-state index is 13.4. The van der Waals surface area contributed by atoms with Gasteiger partial charge in [0.25, 0.3) is 5.56 Å². The molecule has 0 aliphatic carbocycles. The van der Waals surface area contributed by atoms with E-state index in [9.17, 15) is 14.0 Å². The number of hydrogen-bond donors (Lipinski definition) is 0. The van der Waals surface area contributed by atoms with Gasteiger partial charge in [-0.1, -0.05) is 41.9 Å². The van der Waals surface area contributed by atoms with Crippen molar-refractivity contribution >= 4 is 23.2 Å². The monoisotopic (exact) mass is 454 g/mol. The molecule has 0 atom stereocenters. The van der Waals surface area contributed by atoms with Gasteiger partial charge in [-0.3, -0.25) is 9.59 Å². The quantitative estimate of drug-likeness (QED) is 0.568. The molecule has 1 fully saturated rings. The third-order valence-electron chi connectivity index (χ3n) is 5.60. The van der Waals surface area contributed by atoms with Crippen LogP contribution in [0.2, 0.25) is 5.02 Å². The first-order chi connectivity index (χ1) is 15.5. The Morgan fingerprint density at radius 1 is 1.00 bits per heavy atom. The van der Waals surface area contributed by atoms with Crippen molar-refractivity contribution < 1.29 is 9.18 Å². The second-order valence-corrected chi connectivity index (χ2v) is 8.12. The van der Waals surface area contributed by atoms with E-state index in [2.05, 4.69) is 10.00 Å². The number of aryl methyl sites for hydroxylation is 1. The molecule has 2 heterocycles. The van der Waals surface area contributed by atoms with Gasteiger partial charge in [0.15, 0.2) is 0 Å². The number of anilines is 1. The fourth-order valence-electron chi connectivity index (χ4n) is 3.81. The number of benzene rings is 2. The van der Waals surface area contributed by atoms with E-state index < -0.39 is 5.82 Å². The van der Waals surface area contributed by atoms with Crippen LogP contribution in [-0.4, -0.2) is 46.8 Å². The Bertz CT molecular complexity index is 1140. The molecule has 1 saturated heterocycles. The molecule has 0 spiro atoms. The molecule has 1 amide bonds. The van der Waals surface area contributed by atoms with Crippen LogP contribution in [0.3, 0.4) is 0 Å². The van der Waals surface area contributed by atoms with E-state index in [1.54, 1.807) is 18.2 Å². The molecule has 1 aliphatic heterocycles. The first-order valence-electron chi connectivity index (χ1n) is 10.6. The summed E-state index contributed by atoms with van der Waals surface area (Å²) >= 11 is 5.88. The zero-order chi connectivity index (χ0) is 22.5. The molecule has 166 valence electrons. The maximum Gasteiger partial charge on any atom is 0.266 e. The summed E-state index contributed by atoms with van der Waals surface area (Å²) in [5, 5.41) is 4.54. The molecule has 4 rings (SSSR count). The van der Waals surface area contributed by atoms with Gasteiger partial charge < -0.3 is 9.80 Å². The zero-order valence-corrected chi connectivity index (χ0v) is 18.3. The van der Waals surface area contributed by atoms with Gasteiger partial charge in [-0.2, -0.15) is 5.10 Å². The summed E-state index contributed by atoms with van der Waals surface area (Å²) in [7, 11) is 0. The van der Waals surface area contributed by atoms with Crippen LogP contribution in [0.4, 0.5) is 10.1 Å². The van der Waals surface area contributed by atoms with E-state index in [1.165, 1.54) is 16.8 Å². The van der Waals surface area contributed by atoms with Crippen LogP contribution in [0.25, 0.3) is 11.3 Å². The fourth-order valence-corrected chi connectivity index (χ4v) is 3.98. The minimum atomic E-state index is -0.438. The Morgan fingerprint density at radius 3 is 2.47 bits per heavy atom. The van der Waals surface area contributed by atoms with Gasteiger partial charge >= 0.3 is 0 Å². The highest BCUT2D eigenvalue weighted by Crippen LogP contribution is 2.23. The number of halogens is 2. The Balaban J connectivity index is 1.29. The van der Waals surface area contributed by atoms with Gasteiger partial charge in [-0.05, 0) is 30.7 Å². The fraction of sp³-hybridized carbons (Fsp3) is 0.292. The zero-order valence-electron chi connectivity index (χ0n) is 17.6. The minimum Gasteiger partial charge on any atom is -0.368 e. The third kappa shape index (κ3) is 5.16. The molecule has 0 unspecified atom stereocenters. The van der Waals surface area contributed by atoms with Gasteiger partial charge in [0.2, 0.25) is 5.91 Å². The number of rotatable bonds is 6. The molecule has 2 aromatic carbocycles. The highest BCUT2D eigenvalue weighted by atomic mass is 35.5. The molecule has 8 heteroatoms. The summed E-state index contributed by atoms with van der Waals surface area (Å²) in [6.45, 7) is 2.89. The number of hydrogen-bond acceptors (Lipinski definition) is 4. The second-order valence-electron chi connectivity index (χ2n) is 7.72.